The zero-order valence-electron chi connectivity index (χ0n) is 31.2. The number of aliphatic hydroxyl groups is 3. The quantitative estimate of drug-likeness (QED) is 0.0397. The van der Waals surface area contributed by atoms with Gasteiger partial charge in [-0.15, -0.1) is 0 Å². The van der Waals surface area contributed by atoms with Crippen molar-refractivity contribution < 1.29 is 20.1 Å². The summed E-state index contributed by atoms with van der Waals surface area (Å²) in [6.45, 7) is 4.04. The van der Waals surface area contributed by atoms with Gasteiger partial charge in [-0.3, -0.25) is 4.79 Å². The minimum absolute atomic E-state index is 0.157. The summed E-state index contributed by atoms with van der Waals surface area (Å²) in [7, 11) is 0. The normalized spacial score (nSPS) is 14.1. The van der Waals surface area contributed by atoms with Crippen molar-refractivity contribution >= 4 is 5.91 Å². The van der Waals surface area contributed by atoms with Gasteiger partial charge < -0.3 is 20.6 Å². The van der Waals surface area contributed by atoms with Crippen LogP contribution in [0.1, 0.15) is 200 Å². The summed E-state index contributed by atoms with van der Waals surface area (Å²) in [6.07, 6.45) is 45.4. The Balaban J connectivity index is 3.64. The number of hydrogen-bond donors (Lipinski definition) is 4. The molecule has 0 radical (unpaired) electrons. The van der Waals surface area contributed by atoms with Crippen LogP contribution in [0.25, 0.3) is 0 Å². The lowest BCUT2D eigenvalue weighted by atomic mass is 10.0. The minimum atomic E-state index is -1.16. The van der Waals surface area contributed by atoms with E-state index < -0.39 is 18.2 Å². The van der Waals surface area contributed by atoms with Gasteiger partial charge in [0.05, 0.1) is 18.8 Å². The van der Waals surface area contributed by atoms with Crippen molar-refractivity contribution in [2.24, 2.45) is 0 Å². The van der Waals surface area contributed by atoms with Gasteiger partial charge in [-0.25, -0.2) is 0 Å². The highest BCUT2D eigenvalue weighted by Crippen LogP contribution is 2.15. The van der Waals surface area contributed by atoms with Crippen molar-refractivity contribution in [3.8, 4) is 0 Å². The third-order valence-electron chi connectivity index (χ3n) is 9.23. The molecule has 0 saturated carbocycles. The fourth-order valence-electron chi connectivity index (χ4n) is 6.08. The molecule has 47 heavy (non-hydrogen) atoms. The van der Waals surface area contributed by atoms with Crippen LogP contribution in [0.2, 0.25) is 0 Å². The fraction of sp³-hybridized carbons (Fsp3) is 0.833. The average Bonchev–Trinajstić information content (AvgIpc) is 3.07. The second-order valence-electron chi connectivity index (χ2n) is 13.8. The maximum atomic E-state index is 12.4. The monoisotopic (exact) mass is 662 g/mol. The number of hydrogen-bond acceptors (Lipinski definition) is 4. The van der Waals surface area contributed by atoms with Crippen LogP contribution < -0.4 is 5.32 Å². The second-order valence-corrected chi connectivity index (χ2v) is 13.8. The van der Waals surface area contributed by atoms with Gasteiger partial charge in [-0.2, -0.15) is 0 Å². The summed E-state index contributed by atoms with van der Waals surface area (Å²) < 4.78 is 0. The highest BCUT2D eigenvalue weighted by Gasteiger charge is 2.26. The molecule has 0 spiro atoms. The van der Waals surface area contributed by atoms with E-state index in [0.717, 1.165) is 51.4 Å². The summed E-state index contributed by atoms with van der Waals surface area (Å²) in [5, 5.41) is 33.4. The number of unbranched alkanes of at least 4 members (excludes halogenated alkanes) is 22. The van der Waals surface area contributed by atoms with Crippen molar-refractivity contribution in [2.75, 3.05) is 6.61 Å². The predicted octanol–water partition coefficient (Wildman–Crippen LogP) is 11.2. The standard InChI is InChI=1S/C42H79NO4/c1-3-5-7-9-11-13-15-17-18-19-20-21-22-23-24-25-27-29-31-33-35-37-41(46)43-39(38-44)42(47)40(45)36-34-32-30-28-26-16-14-12-10-8-6-4-2/h5,7,11,13,28,30,39-40,42,44-45,47H,3-4,6,8-10,12,14-27,29,31-38H2,1-2H3,(H,43,46)/b7-5-,13-11-,30-28+. The lowest BCUT2D eigenvalue weighted by Gasteiger charge is -2.26. The summed E-state index contributed by atoms with van der Waals surface area (Å²) in [6, 6.07) is -0.823. The number of aliphatic hydroxyl groups excluding tert-OH is 3. The topological polar surface area (TPSA) is 89.8 Å². The van der Waals surface area contributed by atoms with Gasteiger partial charge in [-0.1, -0.05) is 166 Å². The zero-order chi connectivity index (χ0) is 34.5. The molecule has 0 heterocycles. The number of rotatable bonds is 36. The highest BCUT2D eigenvalue weighted by atomic mass is 16.3. The van der Waals surface area contributed by atoms with Gasteiger partial charge in [0.25, 0.3) is 0 Å². The third-order valence-corrected chi connectivity index (χ3v) is 9.23. The Labute approximate surface area is 292 Å². The van der Waals surface area contributed by atoms with Gasteiger partial charge in [0.15, 0.2) is 0 Å². The van der Waals surface area contributed by atoms with E-state index in [1.807, 2.05) is 0 Å². The molecule has 0 aromatic rings. The molecule has 0 aliphatic rings. The maximum absolute atomic E-state index is 12.4. The Morgan fingerprint density at radius 3 is 1.47 bits per heavy atom. The number of carbonyl (C=O) groups is 1. The molecule has 1 amide bonds. The van der Waals surface area contributed by atoms with E-state index in [2.05, 4.69) is 55.6 Å². The predicted molar refractivity (Wildman–Crippen MR) is 204 cm³/mol. The molecular formula is C42H79NO4. The molecule has 0 aliphatic carbocycles. The molecule has 0 bridgehead atoms. The van der Waals surface area contributed by atoms with Gasteiger partial charge in [0.1, 0.15) is 6.10 Å². The molecule has 0 fully saturated rings. The van der Waals surface area contributed by atoms with Crippen molar-refractivity contribution in [1.82, 2.24) is 5.32 Å². The van der Waals surface area contributed by atoms with E-state index in [0.29, 0.717) is 12.8 Å². The molecule has 5 heteroatoms. The molecular weight excluding hydrogens is 582 g/mol. The van der Waals surface area contributed by atoms with E-state index in [4.69, 9.17) is 0 Å². The molecule has 0 saturated heterocycles. The van der Waals surface area contributed by atoms with Crippen LogP contribution in [0.4, 0.5) is 0 Å². The van der Waals surface area contributed by atoms with Crippen molar-refractivity contribution in [2.45, 2.75) is 218 Å². The SMILES string of the molecule is CC/C=C\C/C=C\CCCCCCCCCCCCCCCCC(=O)NC(CO)C(O)C(O)CCC/C=C/CCCCCCCCC. The average molecular weight is 662 g/mol. The minimum Gasteiger partial charge on any atom is -0.394 e. The highest BCUT2D eigenvalue weighted by molar-refractivity contribution is 5.76. The number of amides is 1. The van der Waals surface area contributed by atoms with Crippen LogP contribution in [-0.2, 0) is 4.79 Å². The first-order valence-corrected chi connectivity index (χ1v) is 20.3. The van der Waals surface area contributed by atoms with E-state index in [1.165, 1.54) is 122 Å². The van der Waals surface area contributed by atoms with Crippen LogP contribution in [0.15, 0.2) is 36.5 Å². The summed E-state index contributed by atoms with van der Waals surface area (Å²) >= 11 is 0. The van der Waals surface area contributed by atoms with E-state index in [9.17, 15) is 20.1 Å². The molecule has 3 unspecified atom stereocenters. The molecule has 4 N–H and O–H groups in total. The van der Waals surface area contributed by atoms with E-state index in [-0.39, 0.29) is 12.5 Å². The van der Waals surface area contributed by atoms with Crippen LogP contribution in [0.5, 0.6) is 0 Å². The second kappa shape index (κ2) is 37.4. The summed E-state index contributed by atoms with van der Waals surface area (Å²) in [5.74, 6) is -0.157. The van der Waals surface area contributed by atoms with Gasteiger partial charge >= 0.3 is 0 Å². The van der Waals surface area contributed by atoms with Crippen molar-refractivity contribution in [1.29, 1.82) is 0 Å². The van der Waals surface area contributed by atoms with E-state index in [1.54, 1.807) is 0 Å². The number of carbonyl (C=O) groups excluding carboxylic acids is 1. The number of allylic oxidation sites excluding steroid dienone is 6. The molecule has 0 aromatic heterocycles. The van der Waals surface area contributed by atoms with Crippen LogP contribution in [-0.4, -0.2) is 46.1 Å². The molecule has 0 aliphatic heterocycles. The van der Waals surface area contributed by atoms with Crippen LogP contribution in [0, 0.1) is 0 Å². The first-order chi connectivity index (χ1) is 23.1. The molecule has 3 atom stereocenters. The summed E-state index contributed by atoms with van der Waals surface area (Å²) in [5.41, 5.74) is 0. The van der Waals surface area contributed by atoms with Crippen LogP contribution in [0.3, 0.4) is 0 Å². The molecule has 0 rings (SSSR count). The van der Waals surface area contributed by atoms with Crippen LogP contribution >= 0.6 is 0 Å². The molecule has 276 valence electrons. The van der Waals surface area contributed by atoms with Gasteiger partial charge in [0, 0.05) is 6.42 Å². The summed E-state index contributed by atoms with van der Waals surface area (Å²) in [4.78, 5) is 12.4. The van der Waals surface area contributed by atoms with Crippen molar-refractivity contribution in [3.05, 3.63) is 36.5 Å². The van der Waals surface area contributed by atoms with Crippen molar-refractivity contribution in [3.63, 3.8) is 0 Å². The Hall–Kier alpha value is -1.43. The third kappa shape index (κ3) is 32.9. The Kier molecular flexibility index (Phi) is 36.3. The maximum Gasteiger partial charge on any atom is 0.220 e. The number of nitrogens with one attached hydrogen (secondary N) is 1. The van der Waals surface area contributed by atoms with Gasteiger partial charge in [-0.05, 0) is 64.2 Å². The lowest BCUT2D eigenvalue weighted by Crippen LogP contribution is -2.50. The molecule has 0 aromatic carbocycles. The van der Waals surface area contributed by atoms with E-state index >= 15 is 0 Å². The largest absolute Gasteiger partial charge is 0.394 e. The Morgan fingerprint density at radius 2 is 0.979 bits per heavy atom. The Morgan fingerprint density at radius 1 is 0.553 bits per heavy atom. The Bertz CT molecular complexity index is 734. The molecule has 5 nitrogen and oxygen atoms in total. The first-order valence-electron chi connectivity index (χ1n) is 20.3. The first kappa shape index (κ1) is 45.6. The van der Waals surface area contributed by atoms with Gasteiger partial charge in [0.2, 0.25) is 5.91 Å². The fourth-order valence-corrected chi connectivity index (χ4v) is 6.08. The lowest BCUT2D eigenvalue weighted by molar-refractivity contribution is -0.124. The zero-order valence-corrected chi connectivity index (χ0v) is 31.2. The smallest absolute Gasteiger partial charge is 0.220 e.